The molecule has 0 amide bonds. The average Bonchev–Trinajstić information content (AvgIpc) is 3.03. The first-order chi connectivity index (χ1) is 7.66. The van der Waals surface area contributed by atoms with Crippen molar-refractivity contribution in [3.8, 4) is 0 Å². The van der Waals surface area contributed by atoms with E-state index >= 15 is 0 Å². The average molecular weight is 218 g/mol. The Morgan fingerprint density at radius 1 is 1.25 bits per heavy atom. The lowest BCUT2D eigenvalue weighted by Crippen LogP contribution is -2.12. The zero-order chi connectivity index (χ0) is 11.3. The monoisotopic (exact) mass is 218 g/mol. The third-order valence-electron chi connectivity index (χ3n) is 3.01. The van der Waals surface area contributed by atoms with Crippen molar-refractivity contribution in [1.82, 2.24) is 9.97 Å². The molecule has 1 fully saturated rings. The molecular weight excluding hydrogens is 208 g/mol. The lowest BCUT2D eigenvalue weighted by molar-refractivity contribution is 0.0685. The van der Waals surface area contributed by atoms with E-state index in [-0.39, 0.29) is 17.0 Å². The molecule has 0 aliphatic heterocycles. The Morgan fingerprint density at radius 2 is 2.00 bits per heavy atom. The van der Waals surface area contributed by atoms with Crippen LogP contribution >= 0.6 is 0 Å². The SMILES string of the molecule is O=C(O)c1nc(C2CC2)nc2c1C(=O)CC2. The van der Waals surface area contributed by atoms with Gasteiger partial charge in [-0.15, -0.1) is 0 Å². The van der Waals surface area contributed by atoms with Gasteiger partial charge in [-0.05, 0) is 19.3 Å². The number of nitrogens with zero attached hydrogens (tertiary/aromatic N) is 2. The highest BCUT2D eigenvalue weighted by Gasteiger charge is 2.33. The number of carbonyl (C=O) groups is 2. The molecule has 0 spiro atoms. The number of aromatic nitrogens is 2. The number of hydrogen-bond acceptors (Lipinski definition) is 4. The molecule has 2 aliphatic rings. The van der Waals surface area contributed by atoms with Crippen LogP contribution in [-0.2, 0) is 6.42 Å². The number of carboxylic acid groups (broad SMARTS) is 1. The van der Waals surface area contributed by atoms with Gasteiger partial charge in [0.05, 0.1) is 11.3 Å². The van der Waals surface area contributed by atoms with Gasteiger partial charge < -0.3 is 5.11 Å². The number of carboxylic acids is 1. The predicted molar refractivity (Wildman–Crippen MR) is 53.6 cm³/mol. The van der Waals surface area contributed by atoms with Gasteiger partial charge in [0.1, 0.15) is 5.82 Å². The fourth-order valence-corrected chi connectivity index (χ4v) is 2.04. The maximum absolute atomic E-state index is 11.5. The lowest BCUT2D eigenvalue weighted by Gasteiger charge is -2.04. The van der Waals surface area contributed by atoms with Gasteiger partial charge >= 0.3 is 5.97 Å². The summed E-state index contributed by atoms with van der Waals surface area (Å²) in [4.78, 5) is 30.9. The highest BCUT2D eigenvalue weighted by Crippen LogP contribution is 2.39. The molecular formula is C11H10N2O3. The first-order valence-electron chi connectivity index (χ1n) is 5.34. The Hall–Kier alpha value is -1.78. The number of fused-ring (bicyclic) bond motifs is 1. The first kappa shape index (κ1) is 9.45. The second kappa shape index (κ2) is 3.10. The fraction of sp³-hybridized carbons (Fsp3) is 0.455. The minimum absolute atomic E-state index is 0.102. The number of hydrogen-bond donors (Lipinski definition) is 1. The van der Waals surface area contributed by atoms with Crippen LogP contribution in [0.15, 0.2) is 0 Å². The molecule has 1 heterocycles. The van der Waals surface area contributed by atoms with Crippen LogP contribution in [0.4, 0.5) is 0 Å². The number of ketones is 1. The van der Waals surface area contributed by atoms with Crippen molar-refractivity contribution in [2.75, 3.05) is 0 Å². The van der Waals surface area contributed by atoms with Crippen molar-refractivity contribution < 1.29 is 14.7 Å². The van der Waals surface area contributed by atoms with Gasteiger partial charge in [-0.2, -0.15) is 0 Å². The van der Waals surface area contributed by atoms with Crippen LogP contribution in [0.3, 0.4) is 0 Å². The summed E-state index contributed by atoms with van der Waals surface area (Å²) >= 11 is 0. The van der Waals surface area contributed by atoms with Crippen molar-refractivity contribution in [2.24, 2.45) is 0 Å². The smallest absolute Gasteiger partial charge is 0.355 e. The Morgan fingerprint density at radius 3 is 2.62 bits per heavy atom. The van der Waals surface area contributed by atoms with Crippen molar-refractivity contribution in [1.29, 1.82) is 0 Å². The number of aromatic carboxylic acids is 1. The number of aryl methyl sites for hydroxylation is 1. The summed E-state index contributed by atoms with van der Waals surface area (Å²) in [6.07, 6.45) is 2.95. The molecule has 16 heavy (non-hydrogen) atoms. The van der Waals surface area contributed by atoms with Gasteiger partial charge in [-0.1, -0.05) is 0 Å². The minimum Gasteiger partial charge on any atom is -0.476 e. The van der Waals surface area contributed by atoms with Crippen LogP contribution in [0.2, 0.25) is 0 Å². The molecule has 5 nitrogen and oxygen atoms in total. The van der Waals surface area contributed by atoms with E-state index < -0.39 is 5.97 Å². The predicted octanol–water partition coefficient (Wildman–Crippen LogP) is 1.18. The van der Waals surface area contributed by atoms with Crippen LogP contribution in [0.25, 0.3) is 0 Å². The van der Waals surface area contributed by atoms with Gasteiger partial charge in [0.15, 0.2) is 11.5 Å². The molecule has 0 saturated heterocycles. The maximum Gasteiger partial charge on any atom is 0.355 e. The Balaban J connectivity index is 2.20. The molecule has 0 unspecified atom stereocenters. The summed E-state index contributed by atoms with van der Waals surface area (Å²) in [5.74, 6) is -0.365. The number of rotatable bonds is 2. The molecule has 1 N–H and O–H groups in total. The number of carbonyl (C=O) groups excluding carboxylic acids is 1. The summed E-state index contributed by atoms with van der Waals surface area (Å²) in [6, 6.07) is 0. The fourth-order valence-electron chi connectivity index (χ4n) is 2.04. The van der Waals surface area contributed by atoms with Gasteiger partial charge in [-0.3, -0.25) is 4.79 Å². The van der Waals surface area contributed by atoms with E-state index in [0.717, 1.165) is 12.8 Å². The van der Waals surface area contributed by atoms with E-state index in [1.54, 1.807) is 0 Å². The Labute approximate surface area is 91.5 Å². The summed E-state index contributed by atoms with van der Waals surface area (Å²) < 4.78 is 0. The van der Waals surface area contributed by atoms with Crippen LogP contribution in [0, 0.1) is 0 Å². The van der Waals surface area contributed by atoms with E-state index in [9.17, 15) is 9.59 Å². The van der Waals surface area contributed by atoms with Crippen LogP contribution in [0.5, 0.6) is 0 Å². The standard InChI is InChI=1S/C11H10N2O3/c14-7-4-3-6-8(7)9(11(15)16)13-10(12-6)5-1-2-5/h5H,1-4H2,(H,15,16). The van der Waals surface area contributed by atoms with Crippen LogP contribution < -0.4 is 0 Å². The lowest BCUT2D eigenvalue weighted by atomic mass is 10.1. The van der Waals surface area contributed by atoms with Crippen LogP contribution in [0.1, 0.15) is 57.5 Å². The largest absolute Gasteiger partial charge is 0.476 e. The minimum atomic E-state index is -1.13. The van der Waals surface area contributed by atoms with Gasteiger partial charge in [0.25, 0.3) is 0 Å². The normalized spacial score (nSPS) is 18.6. The molecule has 82 valence electrons. The molecule has 1 aromatic rings. The Kier molecular flexibility index (Phi) is 1.83. The quantitative estimate of drug-likeness (QED) is 0.806. The van der Waals surface area contributed by atoms with E-state index in [1.807, 2.05) is 0 Å². The van der Waals surface area contributed by atoms with E-state index in [2.05, 4.69) is 9.97 Å². The van der Waals surface area contributed by atoms with Crippen molar-refractivity contribution >= 4 is 11.8 Å². The summed E-state index contributed by atoms with van der Waals surface area (Å²) in [6.45, 7) is 0. The third kappa shape index (κ3) is 1.31. The summed E-state index contributed by atoms with van der Waals surface area (Å²) in [5, 5.41) is 9.05. The van der Waals surface area contributed by atoms with Crippen molar-refractivity contribution in [3.05, 3.63) is 22.8 Å². The molecule has 3 rings (SSSR count). The van der Waals surface area contributed by atoms with Gasteiger partial charge in [-0.25, -0.2) is 14.8 Å². The summed E-state index contributed by atoms with van der Waals surface area (Å²) in [5.41, 5.74) is 0.755. The van der Waals surface area contributed by atoms with Crippen LogP contribution in [-0.4, -0.2) is 26.8 Å². The highest BCUT2D eigenvalue weighted by molar-refractivity contribution is 6.07. The molecule has 1 aromatic heterocycles. The molecule has 0 radical (unpaired) electrons. The molecule has 0 aromatic carbocycles. The first-order valence-corrected chi connectivity index (χ1v) is 5.34. The Bertz CT molecular complexity index is 506. The van der Waals surface area contributed by atoms with Crippen molar-refractivity contribution in [3.63, 3.8) is 0 Å². The van der Waals surface area contributed by atoms with Gasteiger partial charge in [0, 0.05) is 12.3 Å². The zero-order valence-corrected chi connectivity index (χ0v) is 8.56. The van der Waals surface area contributed by atoms with Crippen molar-refractivity contribution in [2.45, 2.75) is 31.6 Å². The highest BCUT2D eigenvalue weighted by atomic mass is 16.4. The molecule has 2 aliphatic carbocycles. The van der Waals surface area contributed by atoms with E-state index in [4.69, 9.17) is 5.11 Å². The second-order valence-corrected chi connectivity index (χ2v) is 4.25. The van der Waals surface area contributed by atoms with E-state index in [1.165, 1.54) is 0 Å². The molecule has 5 heteroatoms. The van der Waals surface area contributed by atoms with Gasteiger partial charge in [0.2, 0.25) is 0 Å². The second-order valence-electron chi connectivity index (χ2n) is 4.25. The molecule has 0 atom stereocenters. The maximum atomic E-state index is 11.5. The summed E-state index contributed by atoms with van der Waals surface area (Å²) in [7, 11) is 0. The molecule has 1 saturated carbocycles. The topological polar surface area (TPSA) is 80.2 Å². The molecule has 0 bridgehead atoms. The number of Topliss-reactive ketones (excluding diaryl/α,β-unsaturated/α-hetero) is 1. The zero-order valence-electron chi connectivity index (χ0n) is 8.56. The van der Waals surface area contributed by atoms with E-state index in [0.29, 0.717) is 30.3 Å². The third-order valence-corrected chi connectivity index (χ3v) is 3.01.